The van der Waals surface area contributed by atoms with Gasteiger partial charge in [0.1, 0.15) is 5.82 Å². The Bertz CT molecular complexity index is 839. The fraction of sp³-hybridized carbons (Fsp3) is 0.250. The monoisotopic (exact) mass is 324 g/mol. The van der Waals surface area contributed by atoms with E-state index in [-0.39, 0.29) is 5.82 Å². The van der Waals surface area contributed by atoms with Crippen molar-refractivity contribution in [2.45, 2.75) is 32.9 Å². The molecule has 0 spiro atoms. The number of aliphatic hydroxyl groups excluding tert-OH is 1. The molecule has 1 N–H and O–H groups in total. The van der Waals surface area contributed by atoms with Crippen LogP contribution >= 0.6 is 0 Å². The van der Waals surface area contributed by atoms with Crippen LogP contribution in [0, 0.1) is 12.7 Å². The molecule has 1 unspecified atom stereocenters. The van der Waals surface area contributed by atoms with Crippen molar-refractivity contribution in [2.24, 2.45) is 0 Å². The van der Waals surface area contributed by atoms with Crippen molar-refractivity contribution in [3.05, 3.63) is 77.5 Å². The van der Waals surface area contributed by atoms with E-state index in [0.29, 0.717) is 13.0 Å². The van der Waals surface area contributed by atoms with Crippen LogP contribution in [0.2, 0.25) is 0 Å². The molecule has 0 saturated heterocycles. The van der Waals surface area contributed by atoms with Crippen molar-refractivity contribution in [1.82, 2.24) is 9.55 Å². The number of rotatable bonds is 5. The van der Waals surface area contributed by atoms with Crippen molar-refractivity contribution < 1.29 is 9.50 Å². The third-order valence-corrected chi connectivity index (χ3v) is 3.97. The van der Waals surface area contributed by atoms with E-state index in [9.17, 15) is 9.50 Å². The van der Waals surface area contributed by atoms with Crippen LogP contribution in [0.1, 0.15) is 23.7 Å². The molecule has 24 heavy (non-hydrogen) atoms. The molecule has 1 atom stereocenters. The zero-order valence-electron chi connectivity index (χ0n) is 13.9. The minimum Gasteiger partial charge on any atom is -0.393 e. The Kier molecular flexibility index (Phi) is 4.76. The fourth-order valence-electron chi connectivity index (χ4n) is 2.92. The second-order valence-electron chi connectivity index (χ2n) is 6.22. The summed E-state index contributed by atoms with van der Waals surface area (Å²) in [7, 11) is 0. The van der Waals surface area contributed by atoms with Crippen LogP contribution in [0.15, 0.2) is 54.9 Å². The summed E-state index contributed by atoms with van der Waals surface area (Å²) >= 11 is 0. The highest BCUT2D eigenvalue weighted by molar-refractivity contribution is 5.62. The number of nitrogens with zero attached hydrogens (tertiary/aromatic N) is 2. The van der Waals surface area contributed by atoms with Crippen LogP contribution in [0.4, 0.5) is 4.39 Å². The van der Waals surface area contributed by atoms with Crippen LogP contribution in [-0.2, 0) is 13.0 Å². The molecule has 0 aliphatic rings. The van der Waals surface area contributed by atoms with Gasteiger partial charge in [0.2, 0.25) is 0 Å². The van der Waals surface area contributed by atoms with Crippen molar-refractivity contribution in [1.29, 1.82) is 0 Å². The molecule has 1 heterocycles. The molecular formula is C20H21FN2O. The summed E-state index contributed by atoms with van der Waals surface area (Å²) in [6.45, 7) is 4.48. The molecule has 3 nitrogen and oxygen atoms in total. The first-order chi connectivity index (χ1) is 11.5. The number of hydrogen-bond donors (Lipinski definition) is 1. The Morgan fingerprint density at radius 3 is 2.67 bits per heavy atom. The standard InChI is InChI=1S/C20H21FN2O/c1-14-5-3-6-16(9-14)12-23-13-22-20(19(23)10-15(2)24)17-7-4-8-18(21)11-17/h3-9,11,13,15,24H,10,12H2,1-2H3. The number of benzene rings is 2. The van der Waals surface area contributed by atoms with Gasteiger partial charge >= 0.3 is 0 Å². The highest BCUT2D eigenvalue weighted by Gasteiger charge is 2.15. The fourth-order valence-corrected chi connectivity index (χ4v) is 2.92. The number of aryl methyl sites for hydroxylation is 1. The third kappa shape index (κ3) is 3.71. The molecule has 0 fully saturated rings. The summed E-state index contributed by atoms with van der Waals surface area (Å²) in [5, 5.41) is 9.87. The Morgan fingerprint density at radius 2 is 1.96 bits per heavy atom. The maximum Gasteiger partial charge on any atom is 0.123 e. The molecule has 124 valence electrons. The van der Waals surface area contributed by atoms with Crippen molar-refractivity contribution in [3.63, 3.8) is 0 Å². The van der Waals surface area contributed by atoms with Crippen LogP contribution in [-0.4, -0.2) is 20.8 Å². The molecule has 0 bridgehead atoms. The van der Waals surface area contributed by atoms with Gasteiger partial charge in [-0.05, 0) is 31.5 Å². The highest BCUT2D eigenvalue weighted by Crippen LogP contribution is 2.25. The number of imidazole rings is 1. The molecule has 3 rings (SSSR count). The Hall–Kier alpha value is -2.46. The average Bonchev–Trinajstić information content (AvgIpc) is 2.89. The van der Waals surface area contributed by atoms with Gasteiger partial charge in [-0.2, -0.15) is 0 Å². The lowest BCUT2D eigenvalue weighted by Crippen LogP contribution is -2.11. The van der Waals surface area contributed by atoms with E-state index in [4.69, 9.17) is 0 Å². The van der Waals surface area contributed by atoms with Gasteiger partial charge in [0.05, 0.1) is 18.1 Å². The van der Waals surface area contributed by atoms with Crippen LogP contribution in [0.5, 0.6) is 0 Å². The van der Waals surface area contributed by atoms with E-state index in [1.54, 1.807) is 19.3 Å². The van der Waals surface area contributed by atoms with Gasteiger partial charge in [0.25, 0.3) is 0 Å². The molecule has 0 saturated carbocycles. The summed E-state index contributed by atoms with van der Waals surface area (Å²) in [4.78, 5) is 4.48. The molecule has 3 aromatic rings. The van der Waals surface area contributed by atoms with Gasteiger partial charge in [-0.25, -0.2) is 9.37 Å². The van der Waals surface area contributed by atoms with Crippen molar-refractivity contribution >= 4 is 0 Å². The van der Waals surface area contributed by atoms with Crippen LogP contribution < -0.4 is 0 Å². The molecule has 1 aromatic heterocycles. The summed E-state index contributed by atoms with van der Waals surface area (Å²) in [5.74, 6) is -0.288. The minimum atomic E-state index is -0.495. The molecule has 0 radical (unpaired) electrons. The zero-order chi connectivity index (χ0) is 17.1. The van der Waals surface area contributed by atoms with Gasteiger partial charge < -0.3 is 9.67 Å². The molecule has 0 aliphatic heterocycles. The van der Waals surface area contributed by atoms with Crippen molar-refractivity contribution in [2.75, 3.05) is 0 Å². The zero-order valence-corrected chi connectivity index (χ0v) is 13.9. The first kappa shape index (κ1) is 16.4. The lowest BCUT2D eigenvalue weighted by molar-refractivity contribution is 0.193. The maximum absolute atomic E-state index is 13.6. The largest absolute Gasteiger partial charge is 0.393 e. The summed E-state index contributed by atoms with van der Waals surface area (Å²) in [5.41, 5.74) is 4.74. The lowest BCUT2D eigenvalue weighted by Gasteiger charge is -2.12. The molecule has 4 heteroatoms. The van der Waals surface area contributed by atoms with E-state index < -0.39 is 6.10 Å². The van der Waals surface area contributed by atoms with Crippen LogP contribution in [0.3, 0.4) is 0 Å². The van der Waals surface area contributed by atoms with Gasteiger partial charge in [0, 0.05) is 24.2 Å². The highest BCUT2D eigenvalue weighted by atomic mass is 19.1. The van der Waals surface area contributed by atoms with E-state index in [1.807, 2.05) is 16.7 Å². The second-order valence-corrected chi connectivity index (χ2v) is 6.22. The van der Waals surface area contributed by atoms with Gasteiger partial charge in [-0.15, -0.1) is 0 Å². The lowest BCUT2D eigenvalue weighted by atomic mass is 10.1. The van der Waals surface area contributed by atoms with E-state index >= 15 is 0 Å². The second kappa shape index (κ2) is 6.97. The molecule has 0 aliphatic carbocycles. The van der Waals surface area contributed by atoms with Gasteiger partial charge in [-0.1, -0.05) is 42.0 Å². The molecule has 2 aromatic carbocycles. The normalized spacial score (nSPS) is 12.3. The Labute approximate surface area is 141 Å². The topological polar surface area (TPSA) is 38.0 Å². The maximum atomic E-state index is 13.6. The van der Waals surface area contributed by atoms with E-state index in [1.165, 1.54) is 23.3 Å². The van der Waals surface area contributed by atoms with Crippen molar-refractivity contribution in [3.8, 4) is 11.3 Å². The summed E-state index contributed by atoms with van der Waals surface area (Å²) in [6.07, 6.45) is 1.74. The van der Waals surface area contributed by atoms with Gasteiger partial charge in [0.15, 0.2) is 0 Å². The van der Waals surface area contributed by atoms with Crippen LogP contribution in [0.25, 0.3) is 11.3 Å². The summed E-state index contributed by atoms with van der Waals surface area (Å²) < 4.78 is 15.6. The average molecular weight is 324 g/mol. The number of halogens is 1. The number of aromatic nitrogens is 2. The predicted molar refractivity (Wildman–Crippen MR) is 93.3 cm³/mol. The van der Waals surface area contributed by atoms with E-state index in [0.717, 1.165) is 17.0 Å². The minimum absolute atomic E-state index is 0.288. The molecular weight excluding hydrogens is 303 g/mol. The third-order valence-electron chi connectivity index (χ3n) is 3.97. The first-order valence-corrected chi connectivity index (χ1v) is 8.06. The van der Waals surface area contributed by atoms with Gasteiger partial charge in [-0.3, -0.25) is 0 Å². The first-order valence-electron chi connectivity index (χ1n) is 8.06. The summed E-state index contributed by atoms with van der Waals surface area (Å²) in [6, 6.07) is 14.7. The SMILES string of the molecule is Cc1cccc(Cn2cnc(-c3cccc(F)c3)c2CC(C)O)c1. The number of aliphatic hydroxyl groups is 1. The Balaban J connectivity index is 2.00. The Morgan fingerprint density at radius 1 is 1.17 bits per heavy atom. The molecule has 0 amide bonds. The predicted octanol–water partition coefficient (Wildman–Crippen LogP) is 3.97. The smallest absolute Gasteiger partial charge is 0.123 e. The number of hydrogen-bond acceptors (Lipinski definition) is 2. The van der Waals surface area contributed by atoms with E-state index in [2.05, 4.69) is 30.1 Å². The quantitative estimate of drug-likeness (QED) is 0.771.